The summed E-state index contributed by atoms with van der Waals surface area (Å²) in [6, 6.07) is 6.72. The Morgan fingerprint density at radius 2 is 1.88 bits per heavy atom. The summed E-state index contributed by atoms with van der Waals surface area (Å²) in [4.78, 5) is 33.3. The number of rotatable bonds is 6. The van der Waals surface area contributed by atoms with Gasteiger partial charge in [-0.15, -0.1) is 5.10 Å². The molecule has 1 saturated carbocycles. The fraction of sp³-hybridized carbons (Fsp3) is 0.560. The normalized spacial score (nSPS) is 20.3. The molecule has 0 bridgehead atoms. The Labute approximate surface area is 193 Å². The molecule has 1 atom stereocenters. The molecule has 8 nitrogen and oxygen atoms in total. The highest BCUT2D eigenvalue weighted by Crippen LogP contribution is 2.30. The monoisotopic (exact) mass is 451 g/mol. The summed E-state index contributed by atoms with van der Waals surface area (Å²) in [5, 5.41) is 5.42. The molecular weight excluding hydrogens is 418 g/mol. The Morgan fingerprint density at radius 1 is 1.03 bits per heavy atom. The van der Waals surface area contributed by atoms with Crippen molar-refractivity contribution in [1.82, 2.24) is 24.6 Å². The molecule has 5 rings (SSSR count). The van der Waals surface area contributed by atoms with Crippen molar-refractivity contribution < 1.29 is 4.74 Å². The molecule has 2 aliphatic rings. The third-order valence-corrected chi connectivity index (χ3v) is 7.39. The lowest BCUT2D eigenvalue weighted by Crippen LogP contribution is -2.36. The van der Waals surface area contributed by atoms with Gasteiger partial charge in [0.2, 0.25) is 5.56 Å². The van der Waals surface area contributed by atoms with Gasteiger partial charge in [0, 0.05) is 23.9 Å². The molecule has 176 valence electrons. The van der Waals surface area contributed by atoms with Gasteiger partial charge in [0.05, 0.1) is 18.3 Å². The van der Waals surface area contributed by atoms with E-state index < -0.39 is 0 Å². The fourth-order valence-electron chi connectivity index (χ4n) is 5.57. The number of ether oxygens (including phenoxy) is 1. The van der Waals surface area contributed by atoms with Gasteiger partial charge < -0.3 is 14.6 Å². The van der Waals surface area contributed by atoms with Crippen molar-refractivity contribution in [3.63, 3.8) is 0 Å². The zero-order valence-corrected chi connectivity index (χ0v) is 19.3. The molecule has 2 fully saturated rings. The average molecular weight is 452 g/mol. The van der Waals surface area contributed by atoms with Gasteiger partial charge >= 0.3 is 5.69 Å². The lowest BCUT2D eigenvalue weighted by molar-refractivity contribution is 0.182. The van der Waals surface area contributed by atoms with Crippen molar-refractivity contribution in [3.8, 4) is 11.4 Å². The van der Waals surface area contributed by atoms with Crippen LogP contribution in [0.1, 0.15) is 63.1 Å². The van der Waals surface area contributed by atoms with Crippen LogP contribution >= 0.6 is 0 Å². The molecular formula is C25H33N5O3. The SMILES string of the molecule is COc1ccc(-n2nc(C3CCCN(CCC4CCCCC4)C3)[nH]c2=O)c2[nH]c(=O)ccc12. The largest absolute Gasteiger partial charge is 0.496 e. The number of piperidine rings is 1. The van der Waals surface area contributed by atoms with Crippen LogP contribution in [-0.4, -0.2) is 51.4 Å². The lowest BCUT2D eigenvalue weighted by atomic mass is 9.86. The number of H-pyrrole nitrogens is 2. The number of likely N-dealkylation sites (tertiary alicyclic amines) is 1. The maximum atomic E-state index is 12.9. The molecule has 0 amide bonds. The Kier molecular flexibility index (Phi) is 6.35. The van der Waals surface area contributed by atoms with Gasteiger partial charge in [0.25, 0.3) is 0 Å². The van der Waals surface area contributed by atoms with Crippen molar-refractivity contribution >= 4 is 10.9 Å². The third-order valence-electron chi connectivity index (χ3n) is 7.39. The van der Waals surface area contributed by atoms with Gasteiger partial charge in [-0.2, -0.15) is 4.68 Å². The summed E-state index contributed by atoms with van der Waals surface area (Å²) in [6.07, 6.45) is 10.4. The summed E-state index contributed by atoms with van der Waals surface area (Å²) in [7, 11) is 1.58. The zero-order chi connectivity index (χ0) is 22.8. The zero-order valence-electron chi connectivity index (χ0n) is 19.3. The maximum Gasteiger partial charge on any atom is 0.348 e. The van der Waals surface area contributed by atoms with Crippen LogP contribution in [0.5, 0.6) is 5.75 Å². The van der Waals surface area contributed by atoms with Crippen LogP contribution in [0.15, 0.2) is 33.9 Å². The summed E-state index contributed by atoms with van der Waals surface area (Å²) >= 11 is 0. The number of pyridine rings is 1. The van der Waals surface area contributed by atoms with Crippen molar-refractivity contribution in [1.29, 1.82) is 0 Å². The summed E-state index contributed by atoms with van der Waals surface area (Å²) in [5.74, 6) is 2.45. The molecule has 33 heavy (non-hydrogen) atoms. The highest BCUT2D eigenvalue weighted by Gasteiger charge is 2.26. The number of methoxy groups -OCH3 is 1. The molecule has 2 N–H and O–H groups in total. The van der Waals surface area contributed by atoms with E-state index in [9.17, 15) is 9.59 Å². The predicted octanol–water partition coefficient (Wildman–Crippen LogP) is 3.56. The first-order valence-corrected chi connectivity index (χ1v) is 12.2. The Bertz CT molecular complexity index is 1220. The van der Waals surface area contributed by atoms with Crippen LogP contribution in [0.25, 0.3) is 16.6 Å². The third kappa shape index (κ3) is 4.62. The van der Waals surface area contributed by atoms with Crippen molar-refractivity contribution in [3.05, 3.63) is 50.9 Å². The fourth-order valence-corrected chi connectivity index (χ4v) is 5.57. The first-order valence-electron chi connectivity index (χ1n) is 12.2. The molecule has 1 saturated heterocycles. The van der Waals surface area contributed by atoms with Gasteiger partial charge in [-0.1, -0.05) is 32.1 Å². The second kappa shape index (κ2) is 9.55. The van der Waals surface area contributed by atoms with Crippen molar-refractivity contribution in [2.24, 2.45) is 5.92 Å². The Balaban J connectivity index is 1.37. The molecule has 3 aromatic rings. The lowest BCUT2D eigenvalue weighted by Gasteiger charge is -2.33. The van der Waals surface area contributed by atoms with Crippen LogP contribution in [0.3, 0.4) is 0 Å². The number of aromatic nitrogens is 4. The molecule has 1 aliphatic heterocycles. The van der Waals surface area contributed by atoms with E-state index >= 15 is 0 Å². The van der Waals surface area contributed by atoms with Crippen molar-refractivity contribution in [2.45, 2.75) is 57.3 Å². The van der Waals surface area contributed by atoms with Gasteiger partial charge in [0.1, 0.15) is 11.6 Å². The molecule has 0 radical (unpaired) electrons. The van der Waals surface area contributed by atoms with Crippen LogP contribution in [0.2, 0.25) is 0 Å². The second-order valence-corrected chi connectivity index (χ2v) is 9.56. The number of nitrogens with zero attached hydrogens (tertiary/aromatic N) is 3. The maximum absolute atomic E-state index is 12.9. The van der Waals surface area contributed by atoms with Crippen molar-refractivity contribution in [2.75, 3.05) is 26.7 Å². The van der Waals surface area contributed by atoms with E-state index in [1.165, 1.54) is 49.3 Å². The molecule has 0 spiro atoms. The number of hydrogen-bond donors (Lipinski definition) is 2. The van der Waals surface area contributed by atoms with E-state index in [-0.39, 0.29) is 17.2 Å². The molecule has 2 aromatic heterocycles. The number of hydrogen-bond acceptors (Lipinski definition) is 5. The molecule has 1 aliphatic carbocycles. The molecule has 1 unspecified atom stereocenters. The predicted molar refractivity (Wildman–Crippen MR) is 128 cm³/mol. The van der Waals surface area contributed by atoms with E-state index in [0.29, 0.717) is 17.0 Å². The summed E-state index contributed by atoms with van der Waals surface area (Å²) in [6.45, 7) is 3.19. The second-order valence-electron chi connectivity index (χ2n) is 9.56. The topological polar surface area (TPSA) is 96.0 Å². The minimum absolute atomic E-state index is 0.211. The number of fused-ring (bicyclic) bond motifs is 1. The summed E-state index contributed by atoms with van der Waals surface area (Å²) in [5.41, 5.74) is 0.558. The number of aromatic amines is 2. The van der Waals surface area contributed by atoms with Gasteiger partial charge in [0.15, 0.2) is 0 Å². The van der Waals surface area contributed by atoms with E-state index in [2.05, 4.69) is 20.0 Å². The van der Waals surface area contributed by atoms with E-state index in [1.807, 2.05) is 0 Å². The van der Waals surface area contributed by atoms with Gasteiger partial charge in [-0.05, 0) is 56.5 Å². The Hall–Kier alpha value is -2.87. The van der Waals surface area contributed by atoms with Crippen LogP contribution in [0.4, 0.5) is 0 Å². The van der Waals surface area contributed by atoms with Crippen LogP contribution in [-0.2, 0) is 0 Å². The molecule has 1 aromatic carbocycles. The highest BCUT2D eigenvalue weighted by molar-refractivity contribution is 5.91. The first-order chi connectivity index (χ1) is 16.1. The smallest absolute Gasteiger partial charge is 0.348 e. The number of benzene rings is 1. The average Bonchev–Trinajstić information content (AvgIpc) is 3.24. The van der Waals surface area contributed by atoms with E-state index in [0.717, 1.165) is 49.6 Å². The van der Waals surface area contributed by atoms with Gasteiger partial charge in [-0.25, -0.2) is 4.79 Å². The van der Waals surface area contributed by atoms with E-state index in [4.69, 9.17) is 4.74 Å². The minimum Gasteiger partial charge on any atom is -0.496 e. The number of nitrogens with one attached hydrogen (secondary N) is 2. The van der Waals surface area contributed by atoms with Gasteiger partial charge in [-0.3, -0.25) is 9.78 Å². The standard InChI is InChI=1S/C25H33N5O3/c1-33-21-11-10-20(23-19(21)9-12-22(31)26-23)30-25(32)27-24(28-30)18-8-5-14-29(16-18)15-13-17-6-3-2-4-7-17/h9-12,17-18H,2-8,13-16H2,1H3,(H,26,31)(H,27,28,32). The van der Waals surface area contributed by atoms with Crippen LogP contribution < -0.4 is 16.0 Å². The quantitative estimate of drug-likeness (QED) is 0.597. The Morgan fingerprint density at radius 3 is 2.70 bits per heavy atom. The van der Waals surface area contributed by atoms with Crippen LogP contribution in [0, 0.1) is 5.92 Å². The molecule has 8 heteroatoms. The van der Waals surface area contributed by atoms with E-state index in [1.54, 1.807) is 25.3 Å². The highest BCUT2D eigenvalue weighted by atomic mass is 16.5. The minimum atomic E-state index is -0.291. The summed E-state index contributed by atoms with van der Waals surface area (Å²) < 4.78 is 6.79. The molecule has 3 heterocycles. The first kappa shape index (κ1) is 21.9.